The highest BCUT2D eigenvalue weighted by atomic mass is 15.2. The van der Waals surface area contributed by atoms with Crippen LogP contribution in [0.4, 0.5) is 0 Å². The Labute approximate surface area is 119 Å². The number of hydrogen-bond donors (Lipinski definition) is 2. The fourth-order valence-electron chi connectivity index (χ4n) is 2.80. The van der Waals surface area contributed by atoms with E-state index in [-0.39, 0.29) is 0 Å². The van der Waals surface area contributed by atoms with Crippen molar-refractivity contribution in [3.8, 4) is 0 Å². The number of hydrogen-bond acceptors (Lipinski definition) is 2. The highest BCUT2D eigenvalue weighted by Crippen LogP contribution is 2.15. The molecule has 0 aromatic heterocycles. The minimum Gasteiger partial charge on any atom is -0.356 e. The lowest BCUT2D eigenvalue weighted by atomic mass is 10.0. The third kappa shape index (κ3) is 5.39. The minimum atomic E-state index is 0.677. The second-order valence-corrected chi connectivity index (χ2v) is 5.44. The highest BCUT2D eigenvalue weighted by Gasteiger charge is 2.22. The van der Waals surface area contributed by atoms with Gasteiger partial charge in [-0.25, -0.2) is 0 Å². The number of likely N-dealkylation sites (N-methyl/N-ethyl adjacent to an activating group) is 1. The number of rotatable bonds is 7. The third-order valence-electron chi connectivity index (χ3n) is 4.35. The van der Waals surface area contributed by atoms with E-state index < -0.39 is 0 Å². The molecular formula is C15H32N4. The first-order valence-electron chi connectivity index (χ1n) is 7.93. The molecule has 0 aromatic rings. The molecule has 1 rings (SSSR count). The van der Waals surface area contributed by atoms with Crippen molar-refractivity contribution in [2.45, 2.75) is 52.5 Å². The summed E-state index contributed by atoms with van der Waals surface area (Å²) in [6.07, 6.45) is 5.10. The molecule has 1 aliphatic heterocycles. The largest absolute Gasteiger partial charge is 0.356 e. The Morgan fingerprint density at radius 3 is 2.58 bits per heavy atom. The number of nitrogens with one attached hydrogen (secondary N) is 2. The average Bonchev–Trinajstić information content (AvgIpc) is 2.90. The van der Waals surface area contributed by atoms with E-state index in [4.69, 9.17) is 0 Å². The monoisotopic (exact) mass is 268 g/mol. The van der Waals surface area contributed by atoms with Crippen molar-refractivity contribution < 1.29 is 0 Å². The van der Waals surface area contributed by atoms with Crippen molar-refractivity contribution in [1.82, 2.24) is 15.5 Å². The lowest BCUT2D eigenvalue weighted by molar-refractivity contribution is 0.267. The van der Waals surface area contributed by atoms with Gasteiger partial charge in [0, 0.05) is 26.2 Å². The highest BCUT2D eigenvalue weighted by molar-refractivity contribution is 5.79. The van der Waals surface area contributed by atoms with E-state index >= 15 is 0 Å². The van der Waals surface area contributed by atoms with Crippen LogP contribution in [0.15, 0.2) is 4.99 Å². The summed E-state index contributed by atoms with van der Waals surface area (Å²) in [4.78, 5) is 6.87. The van der Waals surface area contributed by atoms with Crippen molar-refractivity contribution in [3.05, 3.63) is 0 Å². The Morgan fingerprint density at radius 1 is 1.26 bits per heavy atom. The third-order valence-corrected chi connectivity index (χ3v) is 4.35. The lowest BCUT2D eigenvalue weighted by Gasteiger charge is -2.24. The molecule has 0 amide bonds. The second kappa shape index (κ2) is 9.18. The molecular weight excluding hydrogens is 236 g/mol. The van der Waals surface area contributed by atoms with E-state index in [9.17, 15) is 0 Å². The van der Waals surface area contributed by atoms with Crippen LogP contribution in [0.5, 0.6) is 0 Å². The fourth-order valence-corrected chi connectivity index (χ4v) is 2.80. The molecule has 1 aliphatic rings. The zero-order chi connectivity index (χ0) is 14.1. The van der Waals surface area contributed by atoms with Gasteiger partial charge in [-0.3, -0.25) is 9.89 Å². The van der Waals surface area contributed by atoms with Crippen LogP contribution in [-0.4, -0.2) is 50.1 Å². The van der Waals surface area contributed by atoms with Gasteiger partial charge in [0.2, 0.25) is 0 Å². The molecule has 112 valence electrons. The molecule has 1 fully saturated rings. The van der Waals surface area contributed by atoms with E-state index in [0.29, 0.717) is 6.04 Å². The van der Waals surface area contributed by atoms with Gasteiger partial charge in [0.15, 0.2) is 5.96 Å². The average molecular weight is 268 g/mol. The Balaban J connectivity index is 2.29. The SMILES string of the molecule is CCC(CC)CNC(=NC)NCC1CCCN1CC. The van der Waals surface area contributed by atoms with Gasteiger partial charge in [0.1, 0.15) is 0 Å². The molecule has 0 aliphatic carbocycles. The second-order valence-electron chi connectivity index (χ2n) is 5.44. The fraction of sp³-hybridized carbons (Fsp3) is 0.933. The van der Waals surface area contributed by atoms with Gasteiger partial charge in [-0.05, 0) is 31.8 Å². The van der Waals surface area contributed by atoms with E-state index in [1.807, 2.05) is 7.05 Å². The van der Waals surface area contributed by atoms with Gasteiger partial charge in [-0.1, -0.05) is 33.6 Å². The van der Waals surface area contributed by atoms with Crippen LogP contribution in [-0.2, 0) is 0 Å². The molecule has 1 heterocycles. The van der Waals surface area contributed by atoms with Crippen LogP contribution < -0.4 is 10.6 Å². The van der Waals surface area contributed by atoms with Gasteiger partial charge in [0.05, 0.1) is 0 Å². The zero-order valence-corrected chi connectivity index (χ0v) is 13.2. The molecule has 0 bridgehead atoms. The molecule has 2 N–H and O–H groups in total. The predicted octanol–water partition coefficient (Wildman–Crippen LogP) is 2.07. The van der Waals surface area contributed by atoms with Gasteiger partial charge < -0.3 is 10.6 Å². The smallest absolute Gasteiger partial charge is 0.191 e. The van der Waals surface area contributed by atoms with E-state index in [1.165, 1.54) is 32.2 Å². The van der Waals surface area contributed by atoms with E-state index in [2.05, 4.69) is 41.3 Å². The Kier molecular flexibility index (Phi) is 7.87. The molecule has 1 unspecified atom stereocenters. The Morgan fingerprint density at radius 2 is 2.00 bits per heavy atom. The molecule has 4 nitrogen and oxygen atoms in total. The lowest BCUT2D eigenvalue weighted by Crippen LogP contribution is -2.45. The molecule has 0 saturated carbocycles. The van der Waals surface area contributed by atoms with Crippen LogP contribution >= 0.6 is 0 Å². The summed E-state index contributed by atoms with van der Waals surface area (Å²) >= 11 is 0. The van der Waals surface area contributed by atoms with Crippen LogP contribution in [0, 0.1) is 5.92 Å². The van der Waals surface area contributed by atoms with Gasteiger partial charge in [-0.15, -0.1) is 0 Å². The number of likely N-dealkylation sites (tertiary alicyclic amines) is 1. The summed E-state index contributed by atoms with van der Waals surface area (Å²) < 4.78 is 0. The van der Waals surface area contributed by atoms with Crippen molar-refractivity contribution >= 4 is 5.96 Å². The van der Waals surface area contributed by atoms with E-state index in [1.54, 1.807) is 0 Å². The Bertz CT molecular complexity index is 261. The van der Waals surface area contributed by atoms with Crippen LogP contribution in [0.2, 0.25) is 0 Å². The summed E-state index contributed by atoms with van der Waals surface area (Å²) in [5.74, 6) is 1.70. The zero-order valence-electron chi connectivity index (χ0n) is 13.2. The standard InChI is InChI=1S/C15H32N4/c1-5-13(6-2)11-17-15(16-4)18-12-14-9-8-10-19(14)7-3/h13-14H,5-12H2,1-4H3,(H2,16,17,18). The summed E-state index contributed by atoms with van der Waals surface area (Å²) in [5, 5.41) is 6.92. The molecule has 1 saturated heterocycles. The summed E-state index contributed by atoms with van der Waals surface area (Å²) in [6, 6.07) is 0.677. The molecule has 0 aromatic carbocycles. The quantitative estimate of drug-likeness (QED) is 0.548. The molecule has 4 heteroatoms. The molecule has 19 heavy (non-hydrogen) atoms. The normalized spacial score (nSPS) is 21.1. The number of nitrogens with zero attached hydrogens (tertiary/aromatic N) is 2. The summed E-state index contributed by atoms with van der Waals surface area (Å²) in [7, 11) is 1.86. The maximum Gasteiger partial charge on any atom is 0.191 e. The van der Waals surface area contributed by atoms with Crippen molar-refractivity contribution in [3.63, 3.8) is 0 Å². The molecule has 1 atom stereocenters. The molecule has 0 radical (unpaired) electrons. The topological polar surface area (TPSA) is 39.7 Å². The van der Waals surface area contributed by atoms with Crippen molar-refractivity contribution in [2.75, 3.05) is 33.2 Å². The predicted molar refractivity (Wildman–Crippen MR) is 83.7 cm³/mol. The van der Waals surface area contributed by atoms with Crippen molar-refractivity contribution in [2.24, 2.45) is 10.9 Å². The Hall–Kier alpha value is -0.770. The van der Waals surface area contributed by atoms with Crippen LogP contribution in [0.1, 0.15) is 46.5 Å². The van der Waals surface area contributed by atoms with Gasteiger partial charge in [-0.2, -0.15) is 0 Å². The summed E-state index contributed by atoms with van der Waals surface area (Å²) in [6.45, 7) is 11.2. The molecule has 0 spiro atoms. The maximum atomic E-state index is 4.32. The van der Waals surface area contributed by atoms with Crippen molar-refractivity contribution in [1.29, 1.82) is 0 Å². The first-order valence-corrected chi connectivity index (χ1v) is 7.93. The number of guanidine groups is 1. The number of aliphatic imine (C=N–C) groups is 1. The first kappa shape index (κ1) is 16.3. The van der Waals surface area contributed by atoms with E-state index in [0.717, 1.165) is 31.5 Å². The first-order chi connectivity index (χ1) is 9.24. The van der Waals surface area contributed by atoms with Gasteiger partial charge >= 0.3 is 0 Å². The maximum absolute atomic E-state index is 4.32. The van der Waals surface area contributed by atoms with Crippen LogP contribution in [0.25, 0.3) is 0 Å². The van der Waals surface area contributed by atoms with Gasteiger partial charge in [0.25, 0.3) is 0 Å². The van der Waals surface area contributed by atoms with Crippen LogP contribution in [0.3, 0.4) is 0 Å². The summed E-state index contributed by atoms with van der Waals surface area (Å²) in [5.41, 5.74) is 0. The minimum absolute atomic E-state index is 0.677.